The molecule has 2 aliphatic heterocycles. The van der Waals surface area contributed by atoms with E-state index in [1.54, 1.807) is 11.1 Å². The van der Waals surface area contributed by atoms with Gasteiger partial charge >= 0.3 is 0 Å². The van der Waals surface area contributed by atoms with Crippen LogP contribution < -0.4 is 0 Å². The van der Waals surface area contributed by atoms with Crippen molar-refractivity contribution < 1.29 is 0 Å². The van der Waals surface area contributed by atoms with Gasteiger partial charge in [0.25, 0.3) is 0 Å². The van der Waals surface area contributed by atoms with E-state index in [0.29, 0.717) is 0 Å². The zero-order valence-electron chi connectivity index (χ0n) is 10.1. The van der Waals surface area contributed by atoms with E-state index in [1.807, 2.05) is 23.5 Å². The van der Waals surface area contributed by atoms with Gasteiger partial charge in [0.1, 0.15) is 0 Å². The fourth-order valence-electron chi connectivity index (χ4n) is 1.55. The van der Waals surface area contributed by atoms with Gasteiger partial charge < -0.3 is 0 Å². The number of hydrogen-bond acceptors (Lipinski definition) is 4. The molecule has 0 spiro atoms. The summed E-state index contributed by atoms with van der Waals surface area (Å²) < 4.78 is 1.44. The lowest BCUT2D eigenvalue weighted by Gasteiger charge is -2.20. The minimum absolute atomic E-state index is 0.721. The zero-order chi connectivity index (χ0) is 11.7. The Kier molecular flexibility index (Phi) is 4.73. The SMILES string of the molecule is CC1=CSC(SSC2SC=C(C)C2C)C1C. The molecule has 0 fully saturated rings. The summed E-state index contributed by atoms with van der Waals surface area (Å²) in [7, 11) is 4.14. The summed E-state index contributed by atoms with van der Waals surface area (Å²) in [5.41, 5.74) is 3.09. The molecule has 0 saturated carbocycles. The van der Waals surface area contributed by atoms with E-state index >= 15 is 0 Å². The summed E-state index contributed by atoms with van der Waals surface area (Å²) in [5, 5.41) is 4.66. The van der Waals surface area contributed by atoms with Crippen LogP contribution in [0.3, 0.4) is 0 Å². The summed E-state index contributed by atoms with van der Waals surface area (Å²) in [4.78, 5) is 0. The van der Waals surface area contributed by atoms with Crippen LogP contribution in [0.5, 0.6) is 0 Å². The average molecular weight is 291 g/mol. The van der Waals surface area contributed by atoms with Crippen molar-refractivity contribution in [3.63, 3.8) is 0 Å². The Balaban J connectivity index is 1.77. The second-order valence-electron chi connectivity index (χ2n) is 4.50. The zero-order valence-corrected chi connectivity index (χ0v) is 13.4. The number of rotatable bonds is 3. The first kappa shape index (κ1) is 13.3. The van der Waals surface area contributed by atoms with E-state index < -0.39 is 0 Å². The van der Waals surface area contributed by atoms with Crippen molar-refractivity contribution in [1.29, 1.82) is 0 Å². The van der Waals surface area contributed by atoms with E-state index in [9.17, 15) is 0 Å². The number of hydrogen-bond donors (Lipinski definition) is 0. The van der Waals surface area contributed by atoms with E-state index in [-0.39, 0.29) is 0 Å². The number of allylic oxidation sites excluding steroid dienone is 2. The average Bonchev–Trinajstić information content (AvgIpc) is 2.74. The molecule has 0 N–H and O–H groups in total. The van der Waals surface area contributed by atoms with Crippen molar-refractivity contribution in [2.24, 2.45) is 11.8 Å². The molecular weight excluding hydrogens is 272 g/mol. The van der Waals surface area contributed by atoms with E-state index in [2.05, 4.69) is 60.1 Å². The van der Waals surface area contributed by atoms with Crippen molar-refractivity contribution in [3.05, 3.63) is 22.0 Å². The van der Waals surface area contributed by atoms with Gasteiger partial charge in [0.15, 0.2) is 0 Å². The fourth-order valence-corrected chi connectivity index (χ4v) is 8.55. The molecule has 2 heterocycles. The first-order chi connectivity index (χ1) is 7.59. The molecule has 4 atom stereocenters. The third kappa shape index (κ3) is 2.82. The van der Waals surface area contributed by atoms with Crippen LogP contribution in [0.1, 0.15) is 27.7 Å². The molecule has 0 nitrogen and oxygen atoms in total. The minimum atomic E-state index is 0.721. The smallest absolute Gasteiger partial charge is 0.0710 e. The van der Waals surface area contributed by atoms with Crippen LogP contribution in [-0.4, -0.2) is 9.16 Å². The highest BCUT2D eigenvalue weighted by molar-refractivity contribution is 8.80. The minimum Gasteiger partial charge on any atom is -0.118 e. The van der Waals surface area contributed by atoms with Gasteiger partial charge in [-0.2, -0.15) is 0 Å². The largest absolute Gasteiger partial charge is 0.118 e. The second kappa shape index (κ2) is 5.68. The quantitative estimate of drug-likeness (QED) is 0.621. The second-order valence-corrected chi connectivity index (χ2v) is 9.69. The third-order valence-corrected chi connectivity index (χ3v) is 10.5. The molecule has 90 valence electrons. The van der Waals surface area contributed by atoms with Crippen molar-refractivity contribution in [2.75, 3.05) is 0 Å². The topological polar surface area (TPSA) is 0 Å². The molecule has 0 radical (unpaired) electrons. The van der Waals surface area contributed by atoms with E-state index in [4.69, 9.17) is 0 Å². The summed E-state index contributed by atoms with van der Waals surface area (Å²) in [6.45, 7) is 9.20. The van der Waals surface area contributed by atoms with Crippen molar-refractivity contribution in [3.8, 4) is 0 Å². The van der Waals surface area contributed by atoms with Crippen LogP contribution in [0.4, 0.5) is 0 Å². The maximum Gasteiger partial charge on any atom is 0.0710 e. The molecule has 2 rings (SSSR count). The Morgan fingerprint density at radius 1 is 0.875 bits per heavy atom. The maximum atomic E-state index is 2.35. The lowest BCUT2D eigenvalue weighted by Crippen LogP contribution is -2.08. The van der Waals surface area contributed by atoms with E-state index in [1.165, 1.54) is 0 Å². The summed E-state index contributed by atoms with van der Waals surface area (Å²) in [6, 6.07) is 0. The molecule has 0 bridgehead atoms. The highest BCUT2D eigenvalue weighted by atomic mass is 33.1. The van der Waals surface area contributed by atoms with Crippen molar-refractivity contribution in [2.45, 2.75) is 36.9 Å². The van der Waals surface area contributed by atoms with Crippen LogP contribution in [0.15, 0.2) is 22.0 Å². The molecule has 0 aliphatic carbocycles. The van der Waals surface area contributed by atoms with Crippen LogP contribution in [-0.2, 0) is 0 Å². The Hall–Kier alpha value is 0.880. The van der Waals surface area contributed by atoms with Crippen LogP contribution in [0.2, 0.25) is 0 Å². The predicted molar refractivity (Wildman–Crippen MR) is 83.8 cm³/mol. The van der Waals surface area contributed by atoms with Gasteiger partial charge in [-0.05, 0) is 36.5 Å². The predicted octanol–water partition coefficient (Wildman–Crippen LogP) is 5.59. The van der Waals surface area contributed by atoms with Gasteiger partial charge in [-0.15, -0.1) is 23.5 Å². The molecule has 16 heavy (non-hydrogen) atoms. The standard InChI is InChI=1S/C12H18S4/c1-7-5-13-11(9(7)3)15-16-12-10(4)8(2)6-14-12/h5-6,9-12H,1-4H3. The molecule has 2 aliphatic rings. The summed E-state index contributed by atoms with van der Waals surface area (Å²) in [6.07, 6.45) is 0. The first-order valence-corrected chi connectivity index (χ1v) is 9.72. The lowest BCUT2D eigenvalue weighted by molar-refractivity contribution is 0.767. The van der Waals surface area contributed by atoms with Crippen molar-refractivity contribution in [1.82, 2.24) is 0 Å². The molecule has 0 aromatic heterocycles. The molecular formula is C12H18S4. The monoisotopic (exact) mass is 290 g/mol. The van der Waals surface area contributed by atoms with Gasteiger partial charge in [-0.3, -0.25) is 0 Å². The van der Waals surface area contributed by atoms with Crippen LogP contribution >= 0.6 is 45.1 Å². The van der Waals surface area contributed by atoms with Gasteiger partial charge in [0, 0.05) is 0 Å². The number of thioether (sulfide) groups is 2. The summed E-state index contributed by atoms with van der Waals surface area (Å²) >= 11 is 4.00. The molecule has 4 unspecified atom stereocenters. The molecule has 0 saturated heterocycles. The molecule has 0 amide bonds. The highest BCUT2D eigenvalue weighted by Gasteiger charge is 2.29. The Morgan fingerprint density at radius 2 is 1.25 bits per heavy atom. The molecule has 4 heteroatoms. The normalized spacial score (nSPS) is 38.8. The van der Waals surface area contributed by atoms with Crippen LogP contribution in [0.25, 0.3) is 0 Å². The van der Waals surface area contributed by atoms with Gasteiger partial charge in [-0.1, -0.05) is 46.6 Å². The Labute approximate surface area is 115 Å². The fraction of sp³-hybridized carbons (Fsp3) is 0.667. The highest BCUT2D eigenvalue weighted by Crippen LogP contribution is 2.53. The Morgan fingerprint density at radius 3 is 1.50 bits per heavy atom. The maximum absolute atomic E-state index is 2.35. The molecule has 0 aromatic rings. The first-order valence-electron chi connectivity index (χ1n) is 5.56. The van der Waals surface area contributed by atoms with E-state index in [0.717, 1.165) is 21.0 Å². The van der Waals surface area contributed by atoms with Gasteiger partial charge in [0.2, 0.25) is 0 Å². The van der Waals surface area contributed by atoms with Gasteiger partial charge in [-0.25, -0.2) is 0 Å². The summed E-state index contributed by atoms with van der Waals surface area (Å²) in [5.74, 6) is 1.47. The molecule has 0 aromatic carbocycles. The third-order valence-electron chi connectivity index (χ3n) is 3.27. The van der Waals surface area contributed by atoms with Crippen LogP contribution in [0, 0.1) is 11.8 Å². The van der Waals surface area contributed by atoms with Crippen molar-refractivity contribution >= 4 is 45.1 Å². The lowest BCUT2D eigenvalue weighted by atomic mass is 10.1. The Bertz CT molecular complexity index is 289. The van der Waals surface area contributed by atoms with Gasteiger partial charge in [0.05, 0.1) is 9.16 Å².